The monoisotopic (exact) mass is 856 g/mol. The summed E-state index contributed by atoms with van der Waals surface area (Å²) in [6.45, 7) is 2.29. The average Bonchev–Trinajstić information content (AvgIpc) is 3.91. The van der Waals surface area contributed by atoms with Gasteiger partial charge in [-0.1, -0.05) is 159 Å². The molecule has 10 aromatic carbocycles. The Balaban J connectivity index is 1.05. The minimum Gasteiger partial charge on any atom is -0.454 e. The van der Waals surface area contributed by atoms with Crippen molar-refractivity contribution in [2.24, 2.45) is 5.92 Å². The van der Waals surface area contributed by atoms with Gasteiger partial charge in [-0.25, -0.2) is 15.0 Å². The van der Waals surface area contributed by atoms with Crippen molar-refractivity contribution < 1.29 is 4.42 Å². The van der Waals surface area contributed by atoms with Crippen molar-refractivity contribution in [3.63, 3.8) is 0 Å². The van der Waals surface area contributed by atoms with Crippen molar-refractivity contribution in [1.29, 1.82) is 0 Å². The topological polar surface area (TPSA) is 56.7 Å². The predicted molar refractivity (Wildman–Crippen MR) is 278 cm³/mol. The van der Waals surface area contributed by atoms with Crippen LogP contribution in [0.15, 0.2) is 205 Å². The zero-order valence-corrected chi connectivity index (χ0v) is 36.6. The molecular formula is C62H40N4O. The smallest absolute Gasteiger partial charge is 0.164 e. The summed E-state index contributed by atoms with van der Waals surface area (Å²) in [6, 6.07) is 69.4. The third kappa shape index (κ3) is 6.12. The number of benzene rings is 10. The van der Waals surface area contributed by atoms with E-state index in [0.29, 0.717) is 23.4 Å². The van der Waals surface area contributed by atoms with Crippen LogP contribution >= 0.6 is 0 Å². The second-order valence-electron chi connectivity index (χ2n) is 18.1. The van der Waals surface area contributed by atoms with Gasteiger partial charge in [0.25, 0.3) is 0 Å². The van der Waals surface area contributed by atoms with E-state index in [9.17, 15) is 0 Å². The molecule has 0 bridgehead atoms. The van der Waals surface area contributed by atoms with E-state index < -0.39 is 0 Å². The van der Waals surface area contributed by atoms with Gasteiger partial charge in [-0.05, 0) is 122 Å². The summed E-state index contributed by atoms with van der Waals surface area (Å²) in [7, 11) is 0. The molecule has 5 heteroatoms. The highest BCUT2D eigenvalue weighted by Crippen LogP contribution is 2.43. The molecule has 0 amide bonds. The Morgan fingerprint density at radius 2 is 1.04 bits per heavy atom. The molecule has 314 valence electrons. The Hall–Kier alpha value is -8.67. The first kappa shape index (κ1) is 37.7. The zero-order valence-electron chi connectivity index (χ0n) is 36.6. The number of hydrogen-bond donors (Lipinski definition) is 0. The SMILES string of the molecule is CC1C=Cc2ccc3cc(-c4nc(-c5cccc(-c6ccccc6)c5)nc(-c5cc(-n6c7cc8ccccc8cc7c7cc8ccccc8cc76)c6oc7ccccc7c6c5)n4)ccc3c2C1. The highest BCUT2D eigenvalue weighted by molar-refractivity contribution is 6.18. The highest BCUT2D eigenvalue weighted by Gasteiger charge is 2.23. The molecule has 0 N–H and O–H groups in total. The molecule has 0 spiro atoms. The van der Waals surface area contributed by atoms with E-state index in [1.165, 1.54) is 54.2 Å². The fourth-order valence-corrected chi connectivity index (χ4v) is 10.6. The van der Waals surface area contributed by atoms with Gasteiger partial charge >= 0.3 is 0 Å². The molecule has 0 aliphatic heterocycles. The molecule has 14 rings (SSSR count). The van der Waals surface area contributed by atoms with Crippen LogP contribution < -0.4 is 0 Å². The molecule has 1 aliphatic rings. The summed E-state index contributed by atoms with van der Waals surface area (Å²) in [6.07, 6.45) is 5.60. The van der Waals surface area contributed by atoms with Gasteiger partial charge in [-0.3, -0.25) is 0 Å². The number of rotatable bonds is 5. The summed E-state index contributed by atoms with van der Waals surface area (Å²) in [5.41, 5.74) is 12.4. The molecule has 3 heterocycles. The lowest BCUT2D eigenvalue weighted by Crippen LogP contribution is -2.04. The number of furan rings is 1. The third-order valence-electron chi connectivity index (χ3n) is 13.9. The summed E-state index contributed by atoms with van der Waals surface area (Å²) in [5.74, 6) is 2.30. The molecule has 1 unspecified atom stereocenters. The van der Waals surface area contributed by atoms with Crippen LogP contribution in [-0.2, 0) is 6.42 Å². The molecule has 0 saturated carbocycles. The molecule has 1 atom stereocenters. The standard InChI is InChI=1S/C62H40N4O/c1-37-22-23-39-24-25-45-30-47(26-27-49(45)51(39)28-37)61-63-60(46-19-11-18-40(29-46)38-12-3-2-4-13-38)64-62(65-61)48-33-54-50-20-9-10-21-58(50)67-59(54)57(36-48)66-55-34-43-16-7-5-14-41(43)31-52(55)53-32-42-15-6-8-17-44(42)35-56(53)66/h2-27,29-37H,28H2,1H3. The van der Waals surface area contributed by atoms with Crippen LogP contribution in [0.5, 0.6) is 0 Å². The minimum atomic E-state index is 0.494. The van der Waals surface area contributed by atoms with Crippen molar-refractivity contribution in [3.05, 3.63) is 211 Å². The van der Waals surface area contributed by atoms with Gasteiger partial charge in [0.05, 0.1) is 16.7 Å². The van der Waals surface area contributed by atoms with Gasteiger partial charge in [0.15, 0.2) is 23.1 Å². The maximum atomic E-state index is 6.92. The summed E-state index contributed by atoms with van der Waals surface area (Å²) in [5, 5.41) is 11.6. The van der Waals surface area contributed by atoms with Crippen LogP contribution in [0, 0.1) is 5.92 Å². The quantitative estimate of drug-likeness (QED) is 0.173. The maximum Gasteiger partial charge on any atom is 0.164 e. The van der Waals surface area contributed by atoms with Crippen LogP contribution in [0.2, 0.25) is 0 Å². The molecule has 0 saturated heterocycles. The van der Waals surface area contributed by atoms with Crippen LogP contribution in [0.3, 0.4) is 0 Å². The van der Waals surface area contributed by atoms with Crippen molar-refractivity contribution in [2.75, 3.05) is 0 Å². The van der Waals surface area contributed by atoms with Gasteiger partial charge in [0, 0.05) is 38.2 Å². The van der Waals surface area contributed by atoms with Gasteiger partial charge in [0.1, 0.15) is 5.58 Å². The second kappa shape index (κ2) is 14.7. The predicted octanol–water partition coefficient (Wildman–Crippen LogP) is 16.2. The first-order valence-electron chi connectivity index (χ1n) is 23.0. The summed E-state index contributed by atoms with van der Waals surface area (Å²) >= 11 is 0. The zero-order chi connectivity index (χ0) is 44.2. The van der Waals surface area contributed by atoms with E-state index in [1.54, 1.807) is 0 Å². The van der Waals surface area contributed by atoms with E-state index in [-0.39, 0.29) is 0 Å². The van der Waals surface area contributed by atoms with Crippen molar-refractivity contribution in [1.82, 2.24) is 19.5 Å². The molecule has 0 radical (unpaired) electrons. The van der Waals surface area contributed by atoms with Gasteiger partial charge < -0.3 is 8.98 Å². The van der Waals surface area contributed by atoms with Crippen LogP contribution in [0.25, 0.3) is 133 Å². The fraction of sp³-hybridized carbons (Fsp3) is 0.0484. The molecule has 1 aliphatic carbocycles. The Labute approximate surface area is 385 Å². The van der Waals surface area contributed by atoms with E-state index >= 15 is 0 Å². The lowest BCUT2D eigenvalue weighted by molar-refractivity contribution is 0.666. The average molecular weight is 857 g/mol. The highest BCUT2D eigenvalue weighted by atomic mass is 16.3. The third-order valence-corrected chi connectivity index (χ3v) is 13.9. The Bertz CT molecular complexity index is 4120. The van der Waals surface area contributed by atoms with E-state index in [2.05, 4.69) is 206 Å². The number of allylic oxidation sites excluding steroid dienone is 1. The number of para-hydroxylation sites is 1. The molecular weight excluding hydrogens is 817 g/mol. The number of aromatic nitrogens is 4. The lowest BCUT2D eigenvalue weighted by atomic mass is 9.87. The molecule has 3 aromatic heterocycles. The largest absolute Gasteiger partial charge is 0.454 e. The molecule has 5 nitrogen and oxygen atoms in total. The lowest BCUT2D eigenvalue weighted by Gasteiger charge is -2.18. The number of hydrogen-bond acceptors (Lipinski definition) is 4. The Morgan fingerprint density at radius 1 is 0.433 bits per heavy atom. The second-order valence-corrected chi connectivity index (χ2v) is 18.1. The van der Waals surface area contributed by atoms with Crippen molar-refractivity contribution in [3.8, 4) is 51.0 Å². The molecule has 0 fully saturated rings. The van der Waals surface area contributed by atoms with Crippen molar-refractivity contribution in [2.45, 2.75) is 13.3 Å². The maximum absolute atomic E-state index is 6.92. The van der Waals surface area contributed by atoms with Gasteiger partial charge in [0.2, 0.25) is 0 Å². The number of nitrogens with zero attached hydrogens (tertiary/aromatic N) is 4. The Kier molecular flexibility index (Phi) is 8.25. The van der Waals surface area contributed by atoms with Crippen LogP contribution in [-0.4, -0.2) is 19.5 Å². The summed E-state index contributed by atoms with van der Waals surface area (Å²) in [4.78, 5) is 16.1. The minimum absolute atomic E-state index is 0.494. The van der Waals surface area contributed by atoms with Crippen molar-refractivity contribution >= 4 is 82.1 Å². The summed E-state index contributed by atoms with van der Waals surface area (Å²) < 4.78 is 9.31. The first-order chi connectivity index (χ1) is 33.1. The molecule has 67 heavy (non-hydrogen) atoms. The van der Waals surface area contributed by atoms with Gasteiger partial charge in [-0.2, -0.15) is 0 Å². The van der Waals surface area contributed by atoms with E-state index in [1.807, 2.05) is 12.1 Å². The van der Waals surface area contributed by atoms with Crippen LogP contribution in [0.4, 0.5) is 0 Å². The fourth-order valence-electron chi connectivity index (χ4n) is 10.6. The van der Waals surface area contributed by atoms with E-state index in [4.69, 9.17) is 19.4 Å². The van der Waals surface area contributed by atoms with E-state index in [0.717, 1.165) is 72.9 Å². The van der Waals surface area contributed by atoms with Crippen LogP contribution in [0.1, 0.15) is 18.1 Å². The van der Waals surface area contributed by atoms with Gasteiger partial charge in [-0.15, -0.1) is 0 Å². The number of fused-ring (bicyclic) bond motifs is 11. The molecule has 13 aromatic rings. The first-order valence-corrected chi connectivity index (χ1v) is 23.0. The Morgan fingerprint density at radius 3 is 1.78 bits per heavy atom. The normalized spacial score (nSPS) is 13.8.